The third-order valence-corrected chi connectivity index (χ3v) is 11.3. The molecule has 2 aliphatic carbocycles. The molecule has 2 fully saturated rings. The van der Waals surface area contributed by atoms with Crippen LogP contribution < -0.4 is 10.6 Å². The van der Waals surface area contributed by atoms with Crippen molar-refractivity contribution in [1.82, 2.24) is 19.9 Å². The van der Waals surface area contributed by atoms with Crippen LogP contribution in [0.1, 0.15) is 56.3 Å². The molecule has 9 nitrogen and oxygen atoms in total. The van der Waals surface area contributed by atoms with Crippen molar-refractivity contribution in [3.05, 3.63) is 53.5 Å². The first-order valence-electron chi connectivity index (χ1n) is 14.5. The van der Waals surface area contributed by atoms with Crippen LogP contribution in [0.15, 0.2) is 35.4 Å². The fraction of sp³-hybridized carbons (Fsp3) is 0.467. The van der Waals surface area contributed by atoms with Gasteiger partial charge in [0.05, 0.1) is 37.9 Å². The van der Waals surface area contributed by atoms with Crippen LogP contribution in [0.2, 0.25) is 0 Å². The van der Waals surface area contributed by atoms with E-state index in [0.717, 1.165) is 64.3 Å². The van der Waals surface area contributed by atoms with Crippen LogP contribution >= 0.6 is 11.3 Å². The minimum atomic E-state index is -3.87. The maximum Gasteiger partial charge on any atom is 0.225 e. The summed E-state index contributed by atoms with van der Waals surface area (Å²) in [7, 11) is -3.87. The Morgan fingerprint density at radius 3 is 2.51 bits per heavy atom. The molecule has 3 heterocycles. The highest BCUT2D eigenvalue weighted by molar-refractivity contribution is 7.91. The number of aromatic nitrogens is 4. The van der Waals surface area contributed by atoms with Crippen molar-refractivity contribution in [2.45, 2.75) is 75.3 Å². The average molecular weight is 629 g/mol. The molecular weight excluding hydrogens is 594 g/mol. The quantitative estimate of drug-likeness (QED) is 0.210. The molecule has 3 aromatic heterocycles. The van der Waals surface area contributed by atoms with Gasteiger partial charge in [-0.25, -0.2) is 27.2 Å². The highest BCUT2D eigenvalue weighted by atomic mass is 32.2. The van der Waals surface area contributed by atoms with Crippen LogP contribution in [0.5, 0.6) is 0 Å². The summed E-state index contributed by atoms with van der Waals surface area (Å²) in [5.41, 5.74) is 2.34. The number of pyridine rings is 1. The molecule has 1 aromatic carbocycles. The van der Waals surface area contributed by atoms with Gasteiger partial charge >= 0.3 is 0 Å². The number of hydrogen-bond donors (Lipinski definition) is 3. The van der Waals surface area contributed by atoms with Crippen molar-refractivity contribution < 1.29 is 22.3 Å². The number of anilines is 2. The summed E-state index contributed by atoms with van der Waals surface area (Å²) < 4.78 is 54.4. The topological polar surface area (TPSA) is 130 Å². The summed E-state index contributed by atoms with van der Waals surface area (Å²) in [6, 6.07) is 4.24. The number of nitrogens with one attached hydrogen (secondary N) is 2. The largest absolute Gasteiger partial charge is 0.388 e. The molecule has 2 atom stereocenters. The smallest absolute Gasteiger partial charge is 0.225 e. The Hall–Kier alpha value is -3.29. The van der Waals surface area contributed by atoms with Crippen LogP contribution in [0.25, 0.3) is 20.8 Å². The summed E-state index contributed by atoms with van der Waals surface area (Å²) in [5.74, 6) is -1.24. The van der Waals surface area contributed by atoms with E-state index in [1.54, 1.807) is 6.20 Å². The van der Waals surface area contributed by atoms with E-state index >= 15 is 0 Å². The second kappa shape index (κ2) is 11.7. The minimum absolute atomic E-state index is 0.0813. The Morgan fingerprint density at radius 1 is 1.05 bits per heavy atom. The Kier molecular flexibility index (Phi) is 8.07. The van der Waals surface area contributed by atoms with E-state index < -0.39 is 27.1 Å². The average Bonchev–Trinajstić information content (AvgIpc) is 3.68. The van der Waals surface area contributed by atoms with Crippen molar-refractivity contribution in [3.8, 4) is 10.6 Å². The predicted molar refractivity (Wildman–Crippen MR) is 163 cm³/mol. The molecule has 0 aliphatic heterocycles. The lowest BCUT2D eigenvalue weighted by molar-refractivity contribution is 0.0613. The van der Waals surface area contributed by atoms with Crippen molar-refractivity contribution in [2.24, 2.45) is 5.92 Å². The van der Waals surface area contributed by atoms with Gasteiger partial charge in [-0.15, -0.1) is 11.3 Å². The number of fused-ring (bicyclic) bond motifs is 1. The number of aryl methyl sites for hydroxylation is 2. The van der Waals surface area contributed by atoms with E-state index in [-0.39, 0.29) is 22.6 Å². The Morgan fingerprint density at radius 2 is 1.79 bits per heavy atom. The van der Waals surface area contributed by atoms with Gasteiger partial charge in [0, 0.05) is 24.8 Å². The van der Waals surface area contributed by atoms with Crippen molar-refractivity contribution in [1.29, 1.82) is 0 Å². The van der Waals surface area contributed by atoms with E-state index in [2.05, 4.69) is 15.6 Å². The zero-order chi connectivity index (χ0) is 30.4. The first-order chi connectivity index (χ1) is 20.5. The maximum absolute atomic E-state index is 13.7. The molecular formula is C30H34F2N6O3S2. The highest BCUT2D eigenvalue weighted by Gasteiger charge is 2.33. The van der Waals surface area contributed by atoms with Crippen LogP contribution in [0, 0.1) is 31.4 Å². The Bertz CT molecular complexity index is 1760. The molecule has 2 saturated carbocycles. The molecule has 13 heteroatoms. The van der Waals surface area contributed by atoms with Crippen LogP contribution in [-0.2, 0) is 9.84 Å². The van der Waals surface area contributed by atoms with Crippen LogP contribution in [-0.4, -0.2) is 57.4 Å². The third-order valence-electron chi connectivity index (χ3n) is 8.44. The molecule has 2 aliphatic rings. The van der Waals surface area contributed by atoms with Gasteiger partial charge in [-0.1, -0.05) is 12.8 Å². The number of benzene rings is 1. The van der Waals surface area contributed by atoms with Crippen molar-refractivity contribution >= 4 is 43.2 Å². The van der Waals surface area contributed by atoms with Gasteiger partial charge in [0.25, 0.3) is 0 Å². The van der Waals surface area contributed by atoms with Crippen molar-refractivity contribution in [3.63, 3.8) is 0 Å². The third kappa shape index (κ3) is 6.48. The number of halogens is 2. The van der Waals surface area contributed by atoms with Crippen molar-refractivity contribution in [2.75, 3.05) is 22.9 Å². The summed E-state index contributed by atoms with van der Waals surface area (Å²) in [6.07, 6.45) is 7.08. The zero-order valence-electron chi connectivity index (χ0n) is 24.0. The molecule has 2 unspecified atom stereocenters. The number of aliphatic hydroxyl groups is 1. The normalized spacial score (nSPS) is 20.1. The SMILES string of the molecule is Cc1nc(NCC2(O)CCCC2)nc(NC2CCC(CS(=O)(=O)c3cc(F)cc(F)c3)C2)c1-c1nc2c(C)nccc2s1. The number of sulfone groups is 1. The number of thiazole rings is 1. The molecule has 0 spiro atoms. The first-order valence-corrected chi connectivity index (χ1v) is 17.0. The van der Waals surface area contributed by atoms with E-state index in [4.69, 9.17) is 15.0 Å². The van der Waals surface area contributed by atoms with Crippen LogP contribution in [0.4, 0.5) is 20.5 Å². The van der Waals surface area contributed by atoms with Gasteiger partial charge in [-0.2, -0.15) is 4.98 Å². The second-order valence-corrected chi connectivity index (χ2v) is 14.9. The van der Waals surface area contributed by atoms with E-state index in [9.17, 15) is 22.3 Å². The van der Waals surface area contributed by atoms with Gasteiger partial charge in [0.1, 0.15) is 28.0 Å². The Labute approximate surface area is 253 Å². The molecule has 0 radical (unpaired) electrons. The van der Waals surface area contributed by atoms with Gasteiger partial charge in [-0.3, -0.25) is 4.98 Å². The zero-order valence-corrected chi connectivity index (χ0v) is 25.7. The lowest BCUT2D eigenvalue weighted by Crippen LogP contribution is -2.34. The summed E-state index contributed by atoms with van der Waals surface area (Å²) in [6.45, 7) is 4.16. The molecule has 0 amide bonds. The lowest BCUT2D eigenvalue weighted by atomic mass is 10.0. The lowest BCUT2D eigenvalue weighted by Gasteiger charge is -2.23. The second-order valence-electron chi connectivity index (χ2n) is 11.8. The highest BCUT2D eigenvalue weighted by Crippen LogP contribution is 2.39. The standard InChI is InChI=1S/C30H34F2N6O3S2/c1-17-25(28-37-26-18(2)33-10-7-24(26)42-28)27(38-29(35-17)34-16-30(39)8-3-4-9-30)36-22-6-5-19(11-22)15-43(40,41)23-13-20(31)12-21(32)14-23/h7,10,12-14,19,22,39H,3-6,8-9,11,15-16H2,1-2H3,(H2,34,35,36,38). The summed E-state index contributed by atoms with van der Waals surface area (Å²) in [4.78, 5) is 18.5. The summed E-state index contributed by atoms with van der Waals surface area (Å²) >= 11 is 1.53. The molecule has 228 valence electrons. The van der Waals surface area contributed by atoms with E-state index in [1.165, 1.54) is 11.3 Å². The molecule has 3 N–H and O–H groups in total. The van der Waals surface area contributed by atoms with Gasteiger partial charge in [0.15, 0.2) is 9.84 Å². The molecule has 0 bridgehead atoms. The predicted octanol–water partition coefficient (Wildman–Crippen LogP) is 5.81. The molecule has 0 saturated heterocycles. The van der Waals surface area contributed by atoms with Gasteiger partial charge in [-0.05, 0) is 70.1 Å². The number of hydrogen-bond acceptors (Lipinski definition) is 10. The fourth-order valence-corrected chi connectivity index (χ4v) is 9.03. The maximum atomic E-state index is 13.7. The monoisotopic (exact) mass is 628 g/mol. The van der Waals surface area contributed by atoms with Gasteiger partial charge in [0.2, 0.25) is 5.95 Å². The molecule has 43 heavy (non-hydrogen) atoms. The summed E-state index contributed by atoms with van der Waals surface area (Å²) in [5, 5.41) is 18.4. The van der Waals surface area contributed by atoms with E-state index in [1.807, 2.05) is 19.9 Å². The Balaban J connectivity index is 1.26. The first kappa shape index (κ1) is 29.8. The minimum Gasteiger partial charge on any atom is -0.388 e. The number of nitrogens with zero attached hydrogens (tertiary/aromatic N) is 4. The van der Waals surface area contributed by atoms with Gasteiger partial charge < -0.3 is 15.7 Å². The van der Waals surface area contributed by atoms with E-state index in [0.29, 0.717) is 49.3 Å². The van der Waals surface area contributed by atoms with Crippen LogP contribution in [0.3, 0.4) is 0 Å². The number of rotatable bonds is 9. The molecule has 4 aromatic rings. The molecule has 6 rings (SSSR count). The fourth-order valence-electron chi connectivity index (χ4n) is 6.22.